The van der Waals surface area contributed by atoms with Crippen LogP contribution in [-0.4, -0.2) is 47.7 Å². The van der Waals surface area contributed by atoms with Crippen molar-refractivity contribution < 1.29 is 17.9 Å². The number of benzene rings is 1. The Kier molecular flexibility index (Phi) is 5.67. The van der Waals surface area contributed by atoms with Crippen molar-refractivity contribution in [2.75, 3.05) is 37.4 Å². The summed E-state index contributed by atoms with van der Waals surface area (Å²) in [6.45, 7) is 2.00. The molecule has 0 spiro atoms. The standard InChI is InChI=1S/C20H23ClF3N5O/c1-28-8-3-4-12(28)11-30-19-26-15-10-29(9-7-13(15)18(25)27-19)16-6-2-5-14(21)17(16)20(22,23)24/h2,5-6,12H,3-4,7-11H2,1H3,(H2,25,26,27)/t12-/m1/s1. The minimum Gasteiger partial charge on any atom is -0.462 e. The van der Waals surface area contributed by atoms with Crippen LogP contribution in [0.15, 0.2) is 18.2 Å². The molecule has 10 heteroatoms. The van der Waals surface area contributed by atoms with E-state index in [-0.39, 0.29) is 23.3 Å². The van der Waals surface area contributed by atoms with Crippen LogP contribution < -0.4 is 15.4 Å². The van der Waals surface area contributed by atoms with Gasteiger partial charge in [-0.05, 0) is 45.0 Å². The van der Waals surface area contributed by atoms with Crippen LogP contribution in [0.2, 0.25) is 5.02 Å². The number of likely N-dealkylation sites (tertiary alicyclic amines) is 1. The van der Waals surface area contributed by atoms with Gasteiger partial charge < -0.3 is 20.3 Å². The van der Waals surface area contributed by atoms with Gasteiger partial charge in [-0.2, -0.15) is 23.1 Å². The second kappa shape index (κ2) is 8.11. The van der Waals surface area contributed by atoms with Crippen LogP contribution >= 0.6 is 11.6 Å². The first-order valence-corrected chi connectivity index (χ1v) is 10.2. The molecule has 0 aliphatic carbocycles. The van der Waals surface area contributed by atoms with E-state index in [1.165, 1.54) is 18.2 Å². The van der Waals surface area contributed by atoms with Crippen LogP contribution in [0.25, 0.3) is 0 Å². The number of hydrogen-bond donors (Lipinski definition) is 1. The molecule has 2 N–H and O–H groups in total. The van der Waals surface area contributed by atoms with Gasteiger partial charge in [-0.3, -0.25) is 0 Å². The maximum Gasteiger partial charge on any atom is 0.419 e. The molecule has 0 unspecified atom stereocenters. The number of anilines is 2. The molecule has 2 aromatic rings. The number of nitrogens with two attached hydrogens (primary N) is 1. The van der Waals surface area contributed by atoms with Crippen LogP contribution in [-0.2, 0) is 19.1 Å². The third-order valence-corrected chi connectivity index (χ3v) is 6.08. The number of halogens is 4. The van der Waals surface area contributed by atoms with Crippen molar-refractivity contribution in [2.45, 2.75) is 38.0 Å². The van der Waals surface area contributed by atoms with Gasteiger partial charge in [-0.15, -0.1) is 0 Å². The third-order valence-electron chi connectivity index (χ3n) is 5.77. The Morgan fingerprint density at radius 3 is 2.77 bits per heavy atom. The zero-order valence-corrected chi connectivity index (χ0v) is 17.3. The van der Waals surface area contributed by atoms with Gasteiger partial charge in [0.2, 0.25) is 0 Å². The molecular formula is C20H23ClF3N5O. The summed E-state index contributed by atoms with van der Waals surface area (Å²) < 4.78 is 46.5. The first kappa shape index (κ1) is 21.0. The first-order chi connectivity index (χ1) is 14.2. The minimum absolute atomic E-state index is 0.0351. The molecule has 0 bridgehead atoms. The van der Waals surface area contributed by atoms with Crippen molar-refractivity contribution in [2.24, 2.45) is 0 Å². The summed E-state index contributed by atoms with van der Waals surface area (Å²) in [7, 11) is 2.05. The predicted octanol–water partition coefficient (Wildman–Crippen LogP) is 3.77. The predicted molar refractivity (Wildman–Crippen MR) is 109 cm³/mol. The maximum atomic E-state index is 13.6. The highest BCUT2D eigenvalue weighted by molar-refractivity contribution is 6.31. The fraction of sp³-hybridized carbons (Fsp3) is 0.500. The van der Waals surface area contributed by atoms with E-state index in [1.807, 2.05) is 7.05 Å². The number of nitrogen functional groups attached to an aromatic ring is 1. The van der Waals surface area contributed by atoms with E-state index in [2.05, 4.69) is 14.9 Å². The average molecular weight is 442 g/mol. The number of alkyl halides is 3. The summed E-state index contributed by atoms with van der Waals surface area (Å²) in [6.07, 6.45) is -1.95. The molecule has 1 aromatic carbocycles. The van der Waals surface area contributed by atoms with Crippen molar-refractivity contribution in [1.29, 1.82) is 0 Å². The molecule has 1 aromatic heterocycles. The van der Waals surface area contributed by atoms with Gasteiger partial charge in [0.15, 0.2) is 0 Å². The van der Waals surface area contributed by atoms with Crippen molar-refractivity contribution in [3.05, 3.63) is 40.0 Å². The molecule has 1 saturated heterocycles. The molecule has 1 atom stereocenters. The highest BCUT2D eigenvalue weighted by atomic mass is 35.5. The lowest BCUT2D eigenvalue weighted by Gasteiger charge is -2.32. The normalized spacial score (nSPS) is 19.8. The molecule has 0 radical (unpaired) electrons. The van der Waals surface area contributed by atoms with Crippen molar-refractivity contribution in [3.8, 4) is 6.01 Å². The van der Waals surface area contributed by atoms with Gasteiger partial charge >= 0.3 is 12.2 Å². The molecule has 1 fully saturated rings. The SMILES string of the molecule is CN1CCC[C@@H]1COc1nc(N)c2c(n1)CN(c1cccc(Cl)c1C(F)(F)F)CC2. The largest absolute Gasteiger partial charge is 0.462 e. The van der Waals surface area contributed by atoms with Crippen LogP contribution in [0.5, 0.6) is 6.01 Å². The van der Waals surface area contributed by atoms with Crippen LogP contribution in [0.3, 0.4) is 0 Å². The van der Waals surface area contributed by atoms with Gasteiger partial charge in [-0.25, -0.2) is 0 Å². The molecule has 2 aliphatic heterocycles. The number of aromatic nitrogens is 2. The van der Waals surface area contributed by atoms with Gasteiger partial charge in [-0.1, -0.05) is 17.7 Å². The summed E-state index contributed by atoms with van der Waals surface area (Å²) in [4.78, 5) is 12.6. The molecule has 2 aliphatic rings. The van der Waals surface area contributed by atoms with E-state index in [4.69, 9.17) is 22.1 Å². The number of fused-ring (bicyclic) bond motifs is 1. The monoisotopic (exact) mass is 441 g/mol. The summed E-state index contributed by atoms with van der Waals surface area (Å²) in [5, 5.41) is -0.322. The maximum absolute atomic E-state index is 13.6. The van der Waals surface area contributed by atoms with Crippen LogP contribution in [0.1, 0.15) is 29.7 Å². The quantitative estimate of drug-likeness (QED) is 0.779. The highest BCUT2D eigenvalue weighted by Gasteiger charge is 2.38. The van der Waals surface area contributed by atoms with E-state index >= 15 is 0 Å². The van der Waals surface area contributed by atoms with Crippen molar-refractivity contribution in [1.82, 2.24) is 14.9 Å². The Morgan fingerprint density at radius 2 is 2.07 bits per heavy atom. The second-order valence-electron chi connectivity index (χ2n) is 7.71. The topological polar surface area (TPSA) is 67.5 Å². The van der Waals surface area contributed by atoms with E-state index in [1.54, 1.807) is 4.90 Å². The molecule has 0 amide bonds. The van der Waals surface area contributed by atoms with Gasteiger partial charge in [0.25, 0.3) is 0 Å². The summed E-state index contributed by atoms with van der Waals surface area (Å²) in [5.41, 5.74) is 6.64. The molecule has 0 saturated carbocycles. The number of ether oxygens (including phenoxy) is 1. The summed E-state index contributed by atoms with van der Waals surface area (Å²) >= 11 is 5.88. The summed E-state index contributed by atoms with van der Waals surface area (Å²) in [6, 6.07) is 4.65. The molecule has 6 nitrogen and oxygen atoms in total. The Hall–Kier alpha value is -2.26. The Morgan fingerprint density at radius 1 is 1.27 bits per heavy atom. The van der Waals surface area contributed by atoms with Crippen molar-refractivity contribution >= 4 is 23.1 Å². The lowest BCUT2D eigenvalue weighted by molar-refractivity contribution is -0.137. The lowest BCUT2D eigenvalue weighted by atomic mass is 10.0. The highest BCUT2D eigenvalue weighted by Crippen LogP contribution is 2.42. The molecule has 162 valence electrons. The van der Waals surface area contributed by atoms with E-state index in [9.17, 15) is 13.2 Å². The molecule has 3 heterocycles. The summed E-state index contributed by atoms with van der Waals surface area (Å²) in [5.74, 6) is 0.316. The first-order valence-electron chi connectivity index (χ1n) is 9.83. The van der Waals surface area contributed by atoms with E-state index in [0.29, 0.717) is 37.1 Å². The fourth-order valence-electron chi connectivity index (χ4n) is 4.12. The zero-order valence-electron chi connectivity index (χ0n) is 16.5. The smallest absolute Gasteiger partial charge is 0.419 e. The third kappa shape index (κ3) is 4.13. The molecular weight excluding hydrogens is 419 g/mol. The Bertz CT molecular complexity index is 939. The zero-order chi connectivity index (χ0) is 21.5. The minimum atomic E-state index is -4.56. The van der Waals surface area contributed by atoms with E-state index in [0.717, 1.165) is 24.9 Å². The number of nitrogens with zero attached hydrogens (tertiary/aromatic N) is 4. The van der Waals surface area contributed by atoms with Gasteiger partial charge in [0, 0.05) is 18.2 Å². The van der Waals surface area contributed by atoms with Gasteiger partial charge in [0.1, 0.15) is 12.4 Å². The number of rotatable bonds is 4. The van der Waals surface area contributed by atoms with Crippen molar-refractivity contribution in [3.63, 3.8) is 0 Å². The lowest BCUT2D eigenvalue weighted by Crippen LogP contribution is -2.34. The fourth-order valence-corrected chi connectivity index (χ4v) is 4.40. The van der Waals surface area contributed by atoms with E-state index < -0.39 is 11.7 Å². The van der Waals surface area contributed by atoms with Gasteiger partial charge in [0.05, 0.1) is 28.5 Å². The average Bonchev–Trinajstić information content (AvgIpc) is 3.09. The second-order valence-corrected chi connectivity index (χ2v) is 8.11. The Balaban J connectivity index is 1.58. The number of likely N-dealkylation sites (N-methyl/N-ethyl adjacent to an activating group) is 1. The molecule has 4 rings (SSSR count). The number of hydrogen-bond acceptors (Lipinski definition) is 6. The molecule has 30 heavy (non-hydrogen) atoms. The van der Waals surface area contributed by atoms with Crippen LogP contribution in [0.4, 0.5) is 24.7 Å². The van der Waals surface area contributed by atoms with Crippen LogP contribution in [0, 0.1) is 0 Å². The Labute approximate surface area is 177 Å².